The zero-order valence-corrected chi connectivity index (χ0v) is 70.0. The molecule has 0 aromatic rings. The Kier molecular flexibility index (Phi) is 77.2. The Bertz CT molecular complexity index is 2610. The minimum atomic E-state index is -1.16. The van der Waals surface area contributed by atoms with Gasteiger partial charge in [0, 0.05) is 119 Å². The molecule has 0 saturated heterocycles. The minimum absolute atomic E-state index is 0.000732. The lowest BCUT2D eigenvalue weighted by molar-refractivity contribution is -0.132. The number of ketones is 1. The van der Waals surface area contributed by atoms with Crippen LogP contribution in [0.3, 0.4) is 0 Å². The molecule has 12 N–H and O–H groups in total. The molecule has 0 fully saturated rings. The molecule has 3 atom stereocenters. The highest BCUT2D eigenvalue weighted by atomic mass is 16.6. The van der Waals surface area contributed by atoms with Crippen LogP contribution in [0.25, 0.3) is 0 Å². The van der Waals surface area contributed by atoms with Gasteiger partial charge in [-0.15, -0.1) is 0 Å². The van der Waals surface area contributed by atoms with Crippen LogP contribution >= 0.6 is 0 Å². The Balaban J connectivity index is 6.10. The molecule has 3 unspecified atom stereocenters. The van der Waals surface area contributed by atoms with Crippen LogP contribution < -0.4 is 63.8 Å². The monoisotopic (exact) mass is 1680 g/mol. The summed E-state index contributed by atoms with van der Waals surface area (Å²) in [5, 5.41) is 33.0. The zero-order chi connectivity index (χ0) is 85.9. The number of amides is 12. The van der Waals surface area contributed by atoms with Crippen molar-refractivity contribution in [2.75, 3.05) is 270 Å². The molecule has 12 amide bonds. The largest absolute Gasteiger partial charge is 0.379 e. The number of hydrogen-bond acceptors (Lipinski definition) is 29. The number of rotatable bonds is 86. The van der Waals surface area contributed by atoms with Crippen molar-refractivity contribution in [1.82, 2.24) is 63.8 Å². The standard InChI is InChI=1S/C76H140N12O29/c1-6-65(93)59-116-57-55-110-37-27-83-73(98)60-117-58-56-111-38-28-85-75(100)67(88-76(101)68(87-72(97)19-32-105-42-50-115-54-46-109-36-26-80-64(5)92)15-8-11-21-82-70(95)17-30-103-40-48-113-52-44-107-34-24-78-62(3)90)14-9-12-22-84-74(99)66(86-71(96)18-31-104-41-49-114-53-45-108-35-25-79-63(4)91)13-7-10-20-81-69(94)16-29-102-39-47-112-51-43-106-33-23-77-61(2)89/h66-68H,6-60H2,1-5H3,(H,77,89)(H,78,90)(H,79,91)(H,80,92)(H,81,94)(H,82,95)(H,83,98)(H,84,99)(H,85,100)(H,86,96)(H,87,97)(H,88,101). The van der Waals surface area contributed by atoms with Crippen molar-refractivity contribution >= 4 is 76.7 Å². The molecule has 0 aliphatic carbocycles. The van der Waals surface area contributed by atoms with Gasteiger partial charge in [0.2, 0.25) is 70.9 Å². The summed E-state index contributed by atoms with van der Waals surface area (Å²) in [4.78, 5) is 162. The molecule has 41 nitrogen and oxygen atoms in total. The number of hydrogen-bond donors (Lipinski definition) is 12. The van der Waals surface area contributed by atoms with E-state index in [-0.39, 0.29) is 257 Å². The Morgan fingerprint density at radius 1 is 0.214 bits per heavy atom. The van der Waals surface area contributed by atoms with E-state index in [2.05, 4.69) is 63.8 Å². The summed E-state index contributed by atoms with van der Waals surface area (Å²) in [6.45, 7) is 16.7. The number of unbranched alkanes of at least 4 members (excludes halogenated alkanes) is 3. The van der Waals surface area contributed by atoms with E-state index in [1.807, 2.05) is 0 Å². The summed E-state index contributed by atoms with van der Waals surface area (Å²) in [7, 11) is 0. The SMILES string of the molecule is CCC(=O)COCCOCCNC(=O)COCCOCCNC(=O)C(CCCCNC(=O)C(CCCCNC(=O)CCOCCOCCOCCNC(C)=O)NC(=O)CCOCCOCCOCCNC(C)=O)NC(=O)C(CCCCNC(=O)CCOCCOCCOCCNC(C)=O)NC(=O)CCOCCOCCOCCNC(C)=O. The quantitative estimate of drug-likeness (QED) is 0.0268. The molecule has 0 aliphatic heterocycles. The molecule has 0 aromatic carbocycles. The van der Waals surface area contributed by atoms with Crippen LogP contribution in [0, 0.1) is 0 Å². The van der Waals surface area contributed by atoms with Gasteiger partial charge in [-0.3, -0.25) is 62.3 Å². The molecule has 41 heteroatoms. The maximum atomic E-state index is 14.4. The molecule has 0 aromatic heterocycles. The highest BCUT2D eigenvalue weighted by Crippen LogP contribution is 2.09. The normalized spacial score (nSPS) is 11.8. The van der Waals surface area contributed by atoms with E-state index in [0.29, 0.717) is 151 Å². The lowest BCUT2D eigenvalue weighted by Crippen LogP contribution is -2.54. The van der Waals surface area contributed by atoms with Gasteiger partial charge < -0.3 is 140 Å². The van der Waals surface area contributed by atoms with Crippen molar-refractivity contribution in [3.63, 3.8) is 0 Å². The van der Waals surface area contributed by atoms with Crippen molar-refractivity contribution < 1.29 is 138 Å². The van der Waals surface area contributed by atoms with Gasteiger partial charge in [-0.05, 0) is 57.8 Å². The maximum Gasteiger partial charge on any atom is 0.246 e. The highest BCUT2D eigenvalue weighted by Gasteiger charge is 2.27. The second kappa shape index (κ2) is 82.4. The van der Waals surface area contributed by atoms with Gasteiger partial charge in [-0.25, -0.2) is 0 Å². The maximum absolute atomic E-state index is 14.4. The van der Waals surface area contributed by atoms with Crippen LogP contribution in [0.4, 0.5) is 0 Å². The Morgan fingerprint density at radius 2 is 0.444 bits per heavy atom. The second-order valence-corrected chi connectivity index (χ2v) is 25.9. The predicted octanol–water partition coefficient (Wildman–Crippen LogP) is -3.12. The van der Waals surface area contributed by atoms with Gasteiger partial charge >= 0.3 is 0 Å². The van der Waals surface area contributed by atoms with Crippen molar-refractivity contribution in [3.05, 3.63) is 0 Å². The number of ether oxygens (including phenoxy) is 16. The van der Waals surface area contributed by atoms with E-state index < -0.39 is 47.7 Å². The van der Waals surface area contributed by atoms with Crippen LogP contribution in [0.15, 0.2) is 0 Å². The molecule has 0 spiro atoms. The number of nitrogens with one attached hydrogen (secondary N) is 12. The first-order valence-electron chi connectivity index (χ1n) is 40.7. The second-order valence-electron chi connectivity index (χ2n) is 25.9. The number of carbonyl (C=O) groups excluding carboxylic acids is 13. The third-order valence-electron chi connectivity index (χ3n) is 15.7. The Morgan fingerprint density at radius 3 is 0.761 bits per heavy atom. The fourth-order valence-electron chi connectivity index (χ4n) is 9.60. The topological polar surface area (TPSA) is 514 Å². The fraction of sp³-hybridized carbons (Fsp3) is 0.829. The summed E-state index contributed by atoms with van der Waals surface area (Å²) >= 11 is 0. The Hall–Kier alpha value is -7.33. The van der Waals surface area contributed by atoms with Gasteiger partial charge in [0.05, 0.1) is 198 Å². The predicted molar refractivity (Wildman–Crippen MR) is 424 cm³/mol. The fourth-order valence-corrected chi connectivity index (χ4v) is 9.60. The summed E-state index contributed by atoms with van der Waals surface area (Å²) in [6, 6.07) is -3.28. The van der Waals surface area contributed by atoms with E-state index in [9.17, 15) is 62.3 Å². The van der Waals surface area contributed by atoms with E-state index in [1.165, 1.54) is 27.7 Å². The van der Waals surface area contributed by atoms with Gasteiger partial charge in [-0.2, -0.15) is 0 Å². The van der Waals surface area contributed by atoms with E-state index in [1.54, 1.807) is 6.92 Å². The third-order valence-corrected chi connectivity index (χ3v) is 15.7. The average molecular weight is 1690 g/mol. The van der Waals surface area contributed by atoms with Gasteiger partial charge in [0.25, 0.3) is 0 Å². The minimum Gasteiger partial charge on any atom is -0.379 e. The van der Waals surface area contributed by atoms with Crippen molar-refractivity contribution in [3.8, 4) is 0 Å². The van der Waals surface area contributed by atoms with Crippen LogP contribution in [-0.2, 0) is 138 Å². The summed E-state index contributed by atoms with van der Waals surface area (Å²) in [6.07, 6.45) is 3.03. The first-order valence-corrected chi connectivity index (χ1v) is 40.7. The first kappa shape index (κ1) is 110. The molecule has 0 heterocycles. The molecule has 117 heavy (non-hydrogen) atoms. The molecule has 678 valence electrons. The van der Waals surface area contributed by atoms with Crippen molar-refractivity contribution in [2.45, 2.75) is 143 Å². The van der Waals surface area contributed by atoms with Gasteiger partial charge in [0.1, 0.15) is 31.3 Å². The smallest absolute Gasteiger partial charge is 0.246 e. The average Bonchev–Trinajstić information content (AvgIpc) is 0.889. The van der Waals surface area contributed by atoms with Crippen LogP contribution in [-0.4, -0.2) is 365 Å². The van der Waals surface area contributed by atoms with Crippen molar-refractivity contribution in [2.24, 2.45) is 0 Å². The summed E-state index contributed by atoms with van der Waals surface area (Å²) in [5.74, 6) is -4.17. The molecule has 0 bridgehead atoms. The summed E-state index contributed by atoms with van der Waals surface area (Å²) in [5.41, 5.74) is 0. The van der Waals surface area contributed by atoms with E-state index in [4.69, 9.17) is 75.8 Å². The molecule has 0 radical (unpaired) electrons. The van der Waals surface area contributed by atoms with Gasteiger partial charge in [0.15, 0.2) is 5.78 Å². The molecular formula is C76H140N12O29. The number of carbonyl (C=O) groups is 13. The molecule has 0 rings (SSSR count). The summed E-state index contributed by atoms with van der Waals surface area (Å²) < 4.78 is 87.6. The van der Waals surface area contributed by atoms with Crippen LogP contribution in [0.5, 0.6) is 0 Å². The molecule has 0 saturated carbocycles. The van der Waals surface area contributed by atoms with E-state index in [0.717, 1.165) is 0 Å². The van der Waals surface area contributed by atoms with Crippen LogP contribution in [0.2, 0.25) is 0 Å². The van der Waals surface area contributed by atoms with Crippen LogP contribution in [0.1, 0.15) is 125 Å². The highest BCUT2D eigenvalue weighted by molar-refractivity contribution is 5.92. The lowest BCUT2D eigenvalue weighted by atomic mass is 10.0. The van der Waals surface area contributed by atoms with Crippen molar-refractivity contribution in [1.29, 1.82) is 0 Å². The number of Topliss-reactive ketones (excluding diaryl/α,β-unsaturated/α-hetero) is 1. The molecular weight excluding hydrogens is 1540 g/mol. The zero-order valence-electron chi connectivity index (χ0n) is 70.0. The van der Waals surface area contributed by atoms with Gasteiger partial charge in [-0.1, -0.05) is 6.92 Å². The van der Waals surface area contributed by atoms with E-state index >= 15 is 0 Å². The third kappa shape index (κ3) is 79.6. The first-order chi connectivity index (χ1) is 56.7. The lowest BCUT2D eigenvalue weighted by Gasteiger charge is -2.24. The molecule has 0 aliphatic rings. The Labute approximate surface area is 689 Å².